The Hall–Kier alpha value is -0.0800. The molecule has 0 aromatic rings. The molecule has 0 radical (unpaired) electrons. The molecule has 0 aliphatic heterocycles. The van der Waals surface area contributed by atoms with Crippen LogP contribution in [0.3, 0.4) is 0 Å². The maximum Gasteiger partial charge on any atom is 0.0719 e. The van der Waals surface area contributed by atoms with Gasteiger partial charge in [-0.25, -0.2) is 0 Å². The zero-order valence-corrected chi connectivity index (χ0v) is 8.16. The van der Waals surface area contributed by atoms with Crippen molar-refractivity contribution in [3.8, 4) is 0 Å². The van der Waals surface area contributed by atoms with Crippen LogP contribution < -0.4 is 5.73 Å². The van der Waals surface area contributed by atoms with Gasteiger partial charge in [-0.3, -0.25) is 0 Å². The van der Waals surface area contributed by atoms with Gasteiger partial charge in [0.2, 0.25) is 0 Å². The van der Waals surface area contributed by atoms with Crippen molar-refractivity contribution in [3.05, 3.63) is 0 Å². The Bertz CT molecular complexity index is 132. The third-order valence-electron chi connectivity index (χ3n) is 2.62. The molecule has 0 saturated heterocycles. The van der Waals surface area contributed by atoms with Crippen molar-refractivity contribution in [1.82, 2.24) is 0 Å². The molecule has 1 aliphatic rings. The summed E-state index contributed by atoms with van der Waals surface area (Å²) >= 11 is 0. The maximum atomic E-state index is 9.65. The molecule has 2 nitrogen and oxygen atoms in total. The SMILES string of the molecule is CC(C)CCC(N)C(O)C1CC1. The third kappa shape index (κ3) is 3.11. The Kier molecular flexibility index (Phi) is 3.53. The van der Waals surface area contributed by atoms with Crippen LogP contribution in [0, 0.1) is 11.8 Å². The Morgan fingerprint density at radius 1 is 1.33 bits per heavy atom. The first kappa shape index (κ1) is 10.0. The predicted octanol–water partition coefficient (Wildman–Crippen LogP) is 1.52. The smallest absolute Gasteiger partial charge is 0.0719 e. The minimum absolute atomic E-state index is 0.0138. The highest BCUT2D eigenvalue weighted by Crippen LogP contribution is 2.34. The molecule has 1 aliphatic carbocycles. The number of hydrogen-bond acceptors (Lipinski definition) is 2. The topological polar surface area (TPSA) is 46.2 Å². The van der Waals surface area contributed by atoms with Crippen LogP contribution in [0.2, 0.25) is 0 Å². The lowest BCUT2D eigenvalue weighted by Gasteiger charge is -2.18. The van der Waals surface area contributed by atoms with Crippen molar-refractivity contribution in [2.75, 3.05) is 0 Å². The lowest BCUT2D eigenvalue weighted by Crippen LogP contribution is -2.36. The van der Waals surface area contributed by atoms with E-state index in [1.807, 2.05) is 0 Å². The molecule has 2 unspecified atom stereocenters. The molecular weight excluding hydrogens is 150 g/mol. The molecule has 0 spiro atoms. The van der Waals surface area contributed by atoms with Gasteiger partial charge >= 0.3 is 0 Å². The van der Waals surface area contributed by atoms with Crippen molar-refractivity contribution in [3.63, 3.8) is 0 Å². The lowest BCUT2D eigenvalue weighted by atomic mass is 9.98. The fourth-order valence-electron chi connectivity index (χ4n) is 1.48. The van der Waals surface area contributed by atoms with E-state index in [0.29, 0.717) is 11.8 Å². The van der Waals surface area contributed by atoms with E-state index in [2.05, 4.69) is 13.8 Å². The molecule has 2 atom stereocenters. The summed E-state index contributed by atoms with van der Waals surface area (Å²) in [6.45, 7) is 4.38. The van der Waals surface area contributed by atoms with E-state index < -0.39 is 0 Å². The van der Waals surface area contributed by atoms with Crippen LogP contribution in [0.15, 0.2) is 0 Å². The first-order chi connectivity index (χ1) is 5.61. The summed E-state index contributed by atoms with van der Waals surface area (Å²) in [6.07, 6.45) is 4.22. The molecule has 1 fully saturated rings. The lowest BCUT2D eigenvalue weighted by molar-refractivity contribution is 0.116. The van der Waals surface area contributed by atoms with Gasteiger partial charge in [0.15, 0.2) is 0 Å². The molecule has 12 heavy (non-hydrogen) atoms. The number of rotatable bonds is 5. The van der Waals surface area contributed by atoms with Gasteiger partial charge in [-0.05, 0) is 37.5 Å². The fraction of sp³-hybridized carbons (Fsp3) is 1.00. The summed E-state index contributed by atoms with van der Waals surface area (Å²) in [5.74, 6) is 1.22. The van der Waals surface area contributed by atoms with Crippen LogP contribution in [0.25, 0.3) is 0 Å². The van der Waals surface area contributed by atoms with Gasteiger partial charge in [0, 0.05) is 6.04 Å². The summed E-state index contributed by atoms with van der Waals surface area (Å²) in [4.78, 5) is 0. The van der Waals surface area contributed by atoms with E-state index >= 15 is 0 Å². The van der Waals surface area contributed by atoms with E-state index in [1.165, 1.54) is 12.8 Å². The Morgan fingerprint density at radius 3 is 2.33 bits per heavy atom. The highest BCUT2D eigenvalue weighted by molar-refractivity contribution is 4.87. The molecule has 0 aromatic carbocycles. The van der Waals surface area contributed by atoms with Crippen molar-refractivity contribution in [2.45, 2.75) is 51.7 Å². The number of nitrogens with two attached hydrogens (primary N) is 1. The monoisotopic (exact) mass is 171 g/mol. The first-order valence-electron chi connectivity index (χ1n) is 5.05. The normalized spacial score (nSPS) is 22.8. The summed E-state index contributed by atoms with van der Waals surface area (Å²) in [7, 11) is 0. The predicted molar refractivity (Wildman–Crippen MR) is 50.8 cm³/mol. The molecule has 1 saturated carbocycles. The van der Waals surface area contributed by atoms with Gasteiger partial charge in [0.25, 0.3) is 0 Å². The minimum atomic E-state index is -0.233. The van der Waals surface area contributed by atoms with E-state index in [9.17, 15) is 5.11 Å². The van der Waals surface area contributed by atoms with Crippen LogP contribution in [0.1, 0.15) is 39.5 Å². The fourth-order valence-corrected chi connectivity index (χ4v) is 1.48. The van der Waals surface area contributed by atoms with Crippen LogP contribution >= 0.6 is 0 Å². The van der Waals surface area contributed by atoms with Crippen molar-refractivity contribution < 1.29 is 5.11 Å². The quantitative estimate of drug-likeness (QED) is 0.659. The highest BCUT2D eigenvalue weighted by Gasteiger charge is 2.33. The second-order valence-corrected chi connectivity index (χ2v) is 4.46. The average molecular weight is 171 g/mol. The number of aliphatic hydroxyl groups is 1. The molecule has 0 bridgehead atoms. The Balaban J connectivity index is 2.13. The largest absolute Gasteiger partial charge is 0.391 e. The second kappa shape index (κ2) is 4.24. The molecular formula is C10H21NO. The van der Waals surface area contributed by atoms with Gasteiger partial charge in [0.1, 0.15) is 0 Å². The van der Waals surface area contributed by atoms with Crippen LogP contribution in [-0.2, 0) is 0 Å². The third-order valence-corrected chi connectivity index (χ3v) is 2.62. The van der Waals surface area contributed by atoms with Crippen molar-refractivity contribution in [2.24, 2.45) is 17.6 Å². The Labute approximate surface area is 75.2 Å². The molecule has 1 rings (SSSR count). The van der Waals surface area contributed by atoms with E-state index in [-0.39, 0.29) is 12.1 Å². The standard InChI is InChI=1S/C10H21NO/c1-7(2)3-6-9(11)10(12)8-4-5-8/h7-10,12H,3-6,11H2,1-2H3. The second-order valence-electron chi connectivity index (χ2n) is 4.46. The van der Waals surface area contributed by atoms with Crippen molar-refractivity contribution in [1.29, 1.82) is 0 Å². The van der Waals surface area contributed by atoms with E-state index in [0.717, 1.165) is 12.8 Å². The van der Waals surface area contributed by atoms with Crippen LogP contribution in [-0.4, -0.2) is 17.3 Å². The van der Waals surface area contributed by atoms with Crippen molar-refractivity contribution >= 4 is 0 Å². The van der Waals surface area contributed by atoms with Gasteiger partial charge < -0.3 is 10.8 Å². The average Bonchev–Trinajstić information content (AvgIpc) is 2.80. The summed E-state index contributed by atoms with van der Waals surface area (Å²) in [6, 6.07) is 0.0138. The number of hydrogen-bond donors (Lipinski definition) is 2. The molecule has 3 N–H and O–H groups in total. The highest BCUT2D eigenvalue weighted by atomic mass is 16.3. The minimum Gasteiger partial charge on any atom is -0.391 e. The van der Waals surface area contributed by atoms with Gasteiger partial charge in [-0.15, -0.1) is 0 Å². The van der Waals surface area contributed by atoms with E-state index in [1.54, 1.807) is 0 Å². The first-order valence-corrected chi connectivity index (χ1v) is 5.05. The van der Waals surface area contributed by atoms with E-state index in [4.69, 9.17) is 5.73 Å². The zero-order valence-electron chi connectivity index (χ0n) is 8.16. The van der Waals surface area contributed by atoms with Gasteiger partial charge in [-0.1, -0.05) is 13.8 Å². The summed E-state index contributed by atoms with van der Waals surface area (Å²) in [5, 5.41) is 9.65. The maximum absolute atomic E-state index is 9.65. The van der Waals surface area contributed by atoms with Crippen LogP contribution in [0.4, 0.5) is 0 Å². The molecule has 0 aromatic heterocycles. The summed E-state index contributed by atoms with van der Waals surface area (Å²) < 4.78 is 0. The molecule has 0 heterocycles. The molecule has 0 amide bonds. The zero-order chi connectivity index (χ0) is 9.14. The number of aliphatic hydroxyl groups excluding tert-OH is 1. The Morgan fingerprint density at radius 2 is 1.92 bits per heavy atom. The van der Waals surface area contributed by atoms with Crippen LogP contribution in [0.5, 0.6) is 0 Å². The van der Waals surface area contributed by atoms with Gasteiger partial charge in [0.05, 0.1) is 6.10 Å². The molecule has 72 valence electrons. The molecule has 2 heteroatoms. The van der Waals surface area contributed by atoms with Gasteiger partial charge in [-0.2, -0.15) is 0 Å². The summed E-state index contributed by atoms with van der Waals surface area (Å²) in [5.41, 5.74) is 5.86.